The van der Waals surface area contributed by atoms with Crippen LogP contribution in [0, 0.1) is 5.82 Å². The Kier molecular flexibility index (Phi) is 5.16. The summed E-state index contributed by atoms with van der Waals surface area (Å²) in [6.07, 6.45) is 1.73. The second-order valence-electron chi connectivity index (χ2n) is 5.87. The monoisotopic (exact) mass is 430 g/mol. The Morgan fingerprint density at radius 3 is 2.88 bits per heavy atom. The number of thiazole rings is 1. The molecule has 1 aliphatic heterocycles. The van der Waals surface area contributed by atoms with Crippen LogP contribution in [0.5, 0.6) is 0 Å². The Morgan fingerprint density at radius 1 is 1.38 bits per heavy atom. The fourth-order valence-corrected chi connectivity index (χ4v) is 5.33. The summed E-state index contributed by atoms with van der Waals surface area (Å²) in [7, 11) is 0. The fourth-order valence-electron chi connectivity index (χ4n) is 2.89. The summed E-state index contributed by atoms with van der Waals surface area (Å²) in [5.41, 5.74) is 0.575. The van der Waals surface area contributed by atoms with E-state index in [0.717, 1.165) is 24.2 Å². The third-order valence-electron chi connectivity index (χ3n) is 4.13. The number of halogens is 3. The van der Waals surface area contributed by atoms with Crippen molar-refractivity contribution in [3.63, 3.8) is 0 Å². The molecule has 0 spiro atoms. The lowest BCUT2D eigenvalue weighted by Gasteiger charge is -2.22. The molecule has 0 aliphatic carbocycles. The Hall–Kier alpha value is -1.25. The first kappa shape index (κ1) is 18.1. The molecule has 9 heteroatoms. The lowest BCUT2D eigenvalue weighted by Crippen LogP contribution is -2.37. The second-order valence-corrected chi connectivity index (χ2v) is 9.17. The predicted octanol–water partition coefficient (Wildman–Crippen LogP) is 5.63. The quantitative estimate of drug-likeness (QED) is 0.538. The lowest BCUT2D eigenvalue weighted by molar-refractivity contribution is 0.0918. The van der Waals surface area contributed by atoms with Crippen LogP contribution in [0.25, 0.3) is 10.2 Å². The molecule has 2 aromatic heterocycles. The number of aromatic nitrogens is 1. The van der Waals surface area contributed by atoms with Crippen molar-refractivity contribution < 1.29 is 13.9 Å². The van der Waals surface area contributed by atoms with E-state index in [0.29, 0.717) is 37.2 Å². The van der Waals surface area contributed by atoms with Gasteiger partial charge in [0.1, 0.15) is 15.7 Å². The number of carbonyl (C=O) groups excluding carboxylic acids is 1. The van der Waals surface area contributed by atoms with Gasteiger partial charge in [-0.3, -0.25) is 9.69 Å². The predicted molar refractivity (Wildman–Crippen MR) is 105 cm³/mol. The van der Waals surface area contributed by atoms with Gasteiger partial charge in [0.05, 0.1) is 27.2 Å². The Labute approximate surface area is 167 Å². The molecule has 0 N–H and O–H groups in total. The molecule has 4 nitrogen and oxygen atoms in total. The van der Waals surface area contributed by atoms with Crippen molar-refractivity contribution in [3.8, 4) is 0 Å². The minimum atomic E-state index is -0.411. The first-order chi connectivity index (χ1) is 12.5. The molecule has 0 unspecified atom stereocenters. The molecule has 0 saturated carbocycles. The highest BCUT2D eigenvalue weighted by molar-refractivity contribution is 7.22. The molecule has 1 fully saturated rings. The van der Waals surface area contributed by atoms with Crippen molar-refractivity contribution in [2.75, 3.05) is 18.1 Å². The summed E-state index contributed by atoms with van der Waals surface area (Å²) in [5.74, 6) is -0.723. The van der Waals surface area contributed by atoms with Gasteiger partial charge in [-0.25, -0.2) is 9.37 Å². The van der Waals surface area contributed by atoms with E-state index in [1.54, 1.807) is 18.2 Å². The summed E-state index contributed by atoms with van der Waals surface area (Å²) in [5, 5.41) is 0.420. The number of hydrogen-bond donors (Lipinski definition) is 0. The van der Waals surface area contributed by atoms with Gasteiger partial charge in [-0.15, -0.1) is 11.3 Å². The zero-order valence-corrected chi connectivity index (χ0v) is 16.5. The number of carbonyl (C=O) groups is 1. The molecular formula is C17H13Cl2FN2O2S2. The third kappa shape index (κ3) is 3.46. The zero-order chi connectivity index (χ0) is 18.3. The average Bonchev–Trinajstić information content (AvgIpc) is 3.32. The molecule has 4 rings (SSSR count). The highest BCUT2D eigenvalue weighted by Gasteiger charge is 2.29. The number of anilines is 1. The smallest absolute Gasteiger partial charge is 0.262 e. The maximum absolute atomic E-state index is 14.0. The van der Waals surface area contributed by atoms with Crippen molar-refractivity contribution in [3.05, 3.63) is 44.3 Å². The first-order valence-electron chi connectivity index (χ1n) is 7.96. The van der Waals surface area contributed by atoms with E-state index in [1.807, 2.05) is 0 Å². The Balaban J connectivity index is 1.75. The largest absolute Gasteiger partial charge is 0.376 e. The third-order valence-corrected chi connectivity index (χ3v) is 6.66. The van der Waals surface area contributed by atoms with Crippen LogP contribution < -0.4 is 4.90 Å². The van der Waals surface area contributed by atoms with E-state index in [4.69, 9.17) is 27.9 Å². The molecule has 1 saturated heterocycles. The van der Waals surface area contributed by atoms with E-state index >= 15 is 0 Å². The van der Waals surface area contributed by atoms with Crippen molar-refractivity contribution >= 4 is 67.1 Å². The van der Waals surface area contributed by atoms with E-state index < -0.39 is 5.82 Å². The van der Waals surface area contributed by atoms with Crippen LogP contribution in [-0.2, 0) is 4.74 Å². The molecule has 3 aromatic rings. The van der Waals surface area contributed by atoms with Crippen LogP contribution >= 0.6 is 45.9 Å². The lowest BCUT2D eigenvalue weighted by atomic mass is 10.2. The van der Waals surface area contributed by atoms with Gasteiger partial charge in [0.15, 0.2) is 5.13 Å². The van der Waals surface area contributed by atoms with Gasteiger partial charge in [0, 0.05) is 6.61 Å². The van der Waals surface area contributed by atoms with Crippen LogP contribution in [0.15, 0.2) is 24.3 Å². The van der Waals surface area contributed by atoms with Crippen LogP contribution in [0.1, 0.15) is 23.2 Å². The average molecular weight is 431 g/mol. The number of hydrogen-bond acceptors (Lipinski definition) is 5. The van der Waals surface area contributed by atoms with Crippen LogP contribution in [-0.4, -0.2) is 30.1 Å². The molecule has 136 valence electrons. The van der Waals surface area contributed by atoms with Crippen molar-refractivity contribution in [1.29, 1.82) is 0 Å². The number of benzene rings is 1. The Morgan fingerprint density at radius 2 is 2.23 bits per heavy atom. The van der Waals surface area contributed by atoms with E-state index in [2.05, 4.69) is 4.98 Å². The minimum Gasteiger partial charge on any atom is -0.376 e. The topological polar surface area (TPSA) is 42.4 Å². The maximum atomic E-state index is 14.0. The number of nitrogens with zero attached hydrogens (tertiary/aromatic N) is 2. The van der Waals surface area contributed by atoms with Crippen LogP contribution in [0.4, 0.5) is 9.52 Å². The van der Waals surface area contributed by atoms with Gasteiger partial charge in [0.25, 0.3) is 5.91 Å². The molecule has 3 heterocycles. The van der Waals surface area contributed by atoms with Gasteiger partial charge >= 0.3 is 0 Å². The summed E-state index contributed by atoms with van der Waals surface area (Å²) in [6.45, 7) is 1.01. The number of rotatable bonds is 4. The zero-order valence-electron chi connectivity index (χ0n) is 13.4. The van der Waals surface area contributed by atoms with Gasteiger partial charge < -0.3 is 4.74 Å². The van der Waals surface area contributed by atoms with E-state index in [1.165, 1.54) is 22.3 Å². The molecule has 0 bridgehead atoms. The summed E-state index contributed by atoms with van der Waals surface area (Å²) in [4.78, 5) is 19.0. The fraction of sp³-hybridized carbons (Fsp3) is 0.294. The van der Waals surface area contributed by atoms with Gasteiger partial charge in [-0.2, -0.15) is 0 Å². The van der Waals surface area contributed by atoms with Gasteiger partial charge in [-0.1, -0.05) is 40.6 Å². The Bertz CT molecular complexity index is 969. The first-order valence-corrected chi connectivity index (χ1v) is 10.3. The molecule has 1 amide bonds. The molecule has 1 aliphatic rings. The standard InChI is InChI=1S/C17H13Cl2FN2O2S2/c18-13-7-10(15(19)26-13)16(23)22(8-9-3-2-6-24-9)17-21-14-11(20)4-1-5-12(14)25-17/h1,4-5,7,9H,2-3,6,8H2/t9-/m0/s1. The van der Waals surface area contributed by atoms with E-state index in [-0.39, 0.29) is 17.5 Å². The summed E-state index contributed by atoms with van der Waals surface area (Å²) in [6, 6.07) is 6.31. The highest BCUT2D eigenvalue weighted by atomic mass is 35.5. The van der Waals surface area contributed by atoms with Crippen molar-refractivity contribution in [2.45, 2.75) is 18.9 Å². The van der Waals surface area contributed by atoms with Crippen LogP contribution in [0.2, 0.25) is 8.67 Å². The number of fused-ring (bicyclic) bond motifs is 1. The SMILES string of the molecule is O=C(c1cc(Cl)sc1Cl)N(C[C@@H]1CCCO1)c1nc2c(F)cccc2s1. The van der Waals surface area contributed by atoms with Crippen molar-refractivity contribution in [2.24, 2.45) is 0 Å². The normalized spacial score (nSPS) is 17.1. The van der Waals surface area contributed by atoms with Gasteiger partial charge in [-0.05, 0) is 31.0 Å². The number of ether oxygens (including phenoxy) is 1. The number of para-hydroxylation sites is 1. The highest BCUT2D eigenvalue weighted by Crippen LogP contribution is 2.36. The second kappa shape index (κ2) is 7.40. The molecule has 26 heavy (non-hydrogen) atoms. The minimum absolute atomic E-state index is 0.0799. The maximum Gasteiger partial charge on any atom is 0.262 e. The van der Waals surface area contributed by atoms with Crippen LogP contribution in [0.3, 0.4) is 0 Å². The van der Waals surface area contributed by atoms with Crippen molar-refractivity contribution in [1.82, 2.24) is 4.98 Å². The van der Waals surface area contributed by atoms with E-state index in [9.17, 15) is 9.18 Å². The molecular weight excluding hydrogens is 418 g/mol. The molecule has 0 radical (unpaired) electrons. The number of thiophene rings is 1. The summed E-state index contributed by atoms with van der Waals surface area (Å²) >= 11 is 14.6. The molecule has 1 atom stereocenters. The molecule has 1 aromatic carbocycles. The van der Waals surface area contributed by atoms with Gasteiger partial charge in [0.2, 0.25) is 0 Å². The number of amides is 1. The summed E-state index contributed by atoms with van der Waals surface area (Å²) < 4.78 is 21.2.